The number of amides is 1. The van der Waals surface area contributed by atoms with Crippen LogP contribution in [0.25, 0.3) is 0 Å². The van der Waals surface area contributed by atoms with E-state index in [2.05, 4.69) is 10.6 Å². The summed E-state index contributed by atoms with van der Waals surface area (Å²) in [4.78, 5) is 12.5. The van der Waals surface area contributed by atoms with E-state index in [1.54, 1.807) is 19.1 Å². The van der Waals surface area contributed by atoms with E-state index in [-0.39, 0.29) is 17.6 Å². The summed E-state index contributed by atoms with van der Waals surface area (Å²) in [5.74, 6) is -0.596. The molecule has 1 amide bonds. The summed E-state index contributed by atoms with van der Waals surface area (Å²) >= 11 is 0. The second-order valence-corrected chi connectivity index (χ2v) is 5.26. The summed E-state index contributed by atoms with van der Waals surface area (Å²) < 4.78 is 13.5. The van der Waals surface area contributed by atoms with Gasteiger partial charge in [-0.25, -0.2) is 4.39 Å². The topological polar surface area (TPSA) is 41.1 Å². The number of nitrogens with one attached hydrogen (secondary N) is 2. The maximum atomic E-state index is 13.5. The van der Waals surface area contributed by atoms with Crippen LogP contribution in [0, 0.1) is 12.7 Å². The molecule has 1 atom stereocenters. The van der Waals surface area contributed by atoms with Crippen molar-refractivity contribution in [3.63, 3.8) is 0 Å². The zero-order chi connectivity index (χ0) is 14.8. The molecule has 108 valence electrons. The minimum Gasteiger partial charge on any atom is -0.385 e. The van der Waals surface area contributed by atoms with E-state index in [9.17, 15) is 9.18 Å². The maximum Gasteiger partial charge on any atom is 0.232 e. The average molecular weight is 284 g/mol. The lowest BCUT2D eigenvalue weighted by Crippen LogP contribution is -2.27. The van der Waals surface area contributed by atoms with Gasteiger partial charge in [-0.15, -0.1) is 0 Å². The van der Waals surface area contributed by atoms with Crippen molar-refractivity contribution in [1.29, 1.82) is 0 Å². The number of carbonyl (C=O) groups is 1. The summed E-state index contributed by atoms with van der Waals surface area (Å²) in [5, 5.41) is 6.15. The van der Waals surface area contributed by atoms with Gasteiger partial charge in [-0.05, 0) is 37.1 Å². The van der Waals surface area contributed by atoms with Gasteiger partial charge in [-0.3, -0.25) is 4.79 Å². The van der Waals surface area contributed by atoms with Crippen LogP contribution in [0.1, 0.15) is 23.5 Å². The van der Waals surface area contributed by atoms with Crippen molar-refractivity contribution >= 4 is 17.3 Å². The number of carbonyl (C=O) groups excluding carboxylic acids is 1. The normalized spacial score (nSPS) is 16.8. The van der Waals surface area contributed by atoms with Gasteiger partial charge in [0.25, 0.3) is 0 Å². The Balaban J connectivity index is 1.85. The molecule has 3 rings (SSSR count). The van der Waals surface area contributed by atoms with E-state index in [1.807, 2.05) is 24.3 Å². The van der Waals surface area contributed by atoms with Gasteiger partial charge in [0.15, 0.2) is 0 Å². The molecule has 0 saturated carbocycles. The van der Waals surface area contributed by atoms with Gasteiger partial charge in [-0.1, -0.05) is 24.3 Å². The number of benzene rings is 2. The Hall–Kier alpha value is -2.36. The number of fused-ring (bicyclic) bond motifs is 1. The van der Waals surface area contributed by atoms with E-state index < -0.39 is 0 Å². The van der Waals surface area contributed by atoms with E-state index in [0.717, 1.165) is 24.2 Å². The lowest BCUT2D eigenvalue weighted by atomic mass is 9.90. The number of para-hydroxylation sites is 1. The van der Waals surface area contributed by atoms with Crippen molar-refractivity contribution < 1.29 is 9.18 Å². The Morgan fingerprint density at radius 3 is 2.90 bits per heavy atom. The SMILES string of the molecule is Cc1c(F)cccc1NC(=O)C1CCNc2ccccc21. The first-order valence-corrected chi connectivity index (χ1v) is 7.05. The van der Waals surface area contributed by atoms with Gasteiger partial charge in [-0.2, -0.15) is 0 Å². The fourth-order valence-corrected chi connectivity index (χ4v) is 2.70. The van der Waals surface area contributed by atoms with Crippen LogP contribution < -0.4 is 10.6 Å². The molecule has 1 aliphatic rings. The molecule has 0 aromatic heterocycles. The van der Waals surface area contributed by atoms with Crippen molar-refractivity contribution in [2.75, 3.05) is 17.2 Å². The van der Waals surface area contributed by atoms with Crippen molar-refractivity contribution in [3.8, 4) is 0 Å². The molecular formula is C17H17FN2O. The van der Waals surface area contributed by atoms with Crippen molar-refractivity contribution in [2.24, 2.45) is 0 Å². The number of hydrogen-bond acceptors (Lipinski definition) is 2. The highest BCUT2D eigenvalue weighted by Gasteiger charge is 2.26. The number of hydrogen-bond donors (Lipinski definition) is 2. The van der Waals surface area contributed by atoms with E-state index in [4.69, 9.17) is 0 Å². The molecule has 2 aromatic carbocycles. The van der Waals surface area contributed by atoms with Crippen LogP contribution in [0.15, 0.2) is 42.5 Å². The Labute approximate surface area is 123 Å². The Bertz CT molecular complexity index is 684. The second kappa shape index (κ2) is 5.56. The summed E-state index contributed by atoms with van der Waals surface area (Å²) in [7, 11) is 0. The summed E-state index contributed by atoms with van der Waals surface area (Å²) in [6.07, 6.45) is 0.733. The molecule has 0 fully saturated rings. The van der Waals surface area contributed by atoms with Crippen molar-refractivity contribution in [2.45, 2.75) is 19.3 Å². The highest BCUT2D eigenvalue weighted by atomic mass is 19.1. The molecule has 2 aromatic rings. The Kier molecular flexibility index (Phi) is 3.60. The zero-order valence-corrected chi connectivity index (χ0v) is 11.8. The van der Waals surface area contributed by atoms with Crippen molar-refractivity contribution in [3.05, 3.63) is 59.4 Å². The maximum absolute atomic E-state index is 13.5. The third-order valence-corrected chi connectivity index (χ3v) is 3.93. The molecule has 0 aliphatic carbocycles. The van der Waals surface area contributed by atoms with Crippen LogP contribution in [0.4, 0.5) is 15.8 Å². The van der Waals surface area contributed by atoms with Crippen LogP contribution in [-0.4, -0.2) is 12.5 Å². The average Bonchev–Trinajstić information content (AvgIpc) is 2.51. The fraction of sp³-hybridized carbons (Fsp3) is 0.235. The molecule has 1 unspecified atom stereocenters. The fourth-order valence-electron chi connectivity index (χ4n) is 2.70. The summed E-state index contributed by atoms with van der Waals surface area (Å²) in [6, 6.07) is 12.5. The van der Waals surface area contributed by atoms with Crippen LogP contribution in [-0.2, 0) is 4.79 Å². The summed E-state index contributed by atoms with van der Waals surface area (Å²) in [6.45, 7) is 2.43. The van der Waals surface area contributed by atoms with E-state index in [0.29, 0.717) is 11.3 Å². The molecule has 0 saturated heterocycles. The smallest absolute Gasteiger partial charge is 0.232 e. The highest BCUT2D eigenvalue weighted by Crippen LogP contribution is 2.32. The van der Waals surface area contributed by atoms with Gasteiger partial charge in [0.1, 0.15) is 5.82 Å². The first-order valence-electron chi connectivity index (χ1n) is 7.05. The minimum atomic E-state index is -0.307. The van der Waals surface area contributed by atoms with Gasteiger partial charge in [0.05, 0.1) is 5.92 Å². The van der Waals surface area contributed by atoms with Crippen LogP contribution >= 0.6 is 0 Å². The number of anilines is 2. The molecule has 0 spiro atoms. The Morgan fingerprint density at radius 2 is 2.05 bits per heavy atom. The van der Waals surface area contributed by atoms with Crippen LogP contribution in [0.2, 0.25) is 0 Å². The lowest BCUT2D eigenvalue weighted by Gasteiger charge is -2.26. The van der Waals surface area contributed by atoms with Gasteiger partial charge >= 0.3 is 0 Å². The van der Waals surface area contributed by atoms with Crippen molar-refractivity contribution in [1.82, 2.24) is 0 Å². The van der Waals surface area contributed by atoms with Gasteiger partial charge < -0.3 is 10.6 Å². The molecule has 1 heterocycles. The molecule has 2 N–H and O–H groups in total. The molecule has 1 aliphatic heterocycles. The standard InChI is InChI=1S/C17H17FN2O/c1-11-14(18)6-4-8-15(11)20-17(21)13-9-10-19-16-7-3-2-5-12(13)16/h2-8,13,19H,9-10H2,1H3,(H,20,21). The second-order valence-electron chi connectivity index (χ2n) is 5.26. The molecule has 21 heavy (non-hydrogen) atoms. The molecule has 0 bridgehead atoms. The van der Waals surface area contributed by atoms with Crippen LogP contribution in [0.5, 0.6) is 0 Å². The predicted octanol–water partition coefficient (Wildman–Crippen LogP) is 3.67. The monoisotopic (exact) mass is 284 g/mol. The highest BCUT2D eigenvalue weighted by molar-refractivity contribution is 5.97. The predicted molar refractivity (Wildman–Crippen MR) is 82.1 cm³/mol. The molecule has 0 radical (unpaired) electrons. The molecular weight excluding hydrogens is 267 g/mol. The van der Waals surface area contributed by atoms with Gasteiger partial charge in [0, 0.05) is 23.5 Å². The first-order chi connectivity index (χ1) is 10.2. The molecule has 3 nitrogen and oxygen atoms in total. The van der Waals surface area contributed by atoms with E-state index >= 15 is 0 Å². The van der Waals surface area contributed by atoms with Gasteiger partial charge in [0.2, 0.25) is 5.91 Å². The zero-order valence-electron chi connectivity index (χ0n) is 11.8. The summed E-state index contributed by atoms with van der Waals surface area (Å²) in [5.41, 5.74) is 3.00. The van der Waals surface area contributed by atoms with E-state index in [1.165, 1.54) is 6.07 Å². The Morgan fingerprint density at radius 1 is 1.24 bits per heavy atom. The number of rotatable bonds is 2. The quantitative estimate of drug-likeness (QED) is 0.883. The number of halogens is 1. The van der Waals surface area contributed by atoms with Crippen LogP contribution in [0.3, 0.4) is 0 Å². The molecule has 4 heteroatoms. The third-order valence-electron chi connectivity index (χ3n) is 3.93. The minimum absolute atomic E-state index is 0.0855. The lowest BCUT2D eigenvalue weighted by molar-refractivity contribution is -0.117. The largest absolute Gasteiger partial charge is 0.385 e. The first kappa shape index (κ1) is 13.6. The third kappa shape index (κ3) is 2.61.